The van der Waals surface area contributed by atoms with Crippen molar-refractivity contribution in [3.05, 3.63) is 54.6 Å². The number of pyridine rings is 1. The highest BCUT2D eigenvalue weighted by atomic mass is 16.5. The normalized spacial score (nSPS) is 16.4. The minimum Gasteiger partial charge on any atom is -0.484 e. The van der Waals surface area contributed by atoms with Gasteiger partial charge in [-0.1, -0.05) is 23.4 Å². The second-order valence-electron chi connectivity index (χ2n) is 6.75. The molecule has 0 radical (unpaired) electrons. The van der Waals surface area contributed by atoms with Crippen LogP contribution in [0.3, 0.4) is 0 Å². The monoisotopic (exact) mass is 394 g/mol. The van der Waals surface area contributed by atoms with Crippen LogP contribution in [0.4, 0.5) is 0 Å². The number of hydrogen-bond acceptors (Lipinski definition) is 7. The predicted molar refractivity (Wildman–Crippen MR) is 104 cm³/mol. The van der Waals surface area contributed by atoms with Crippen molar-refractivity contribution in [2.24, 2.45) is 0 Å². The summed E-state index contributed by atoms with van der Waals surface area (Å²) < 4.78 is 16.2. The first-order chi connectivity index (χ1) is 14.2. The van der Waals surface area contributed by atoms with Gasteiger partial charge in [0.25, 0.3) is 5.91 Å². The Balaban J connectivity index is 1.47. The number of aromatic nitrogens is 3. The minimum absolute atomic E-state index is 0.0239. The Hall–Kier alpha value is -3.42. The number of rotatable bonds is 6. The molecule has 4 rings (SSSR count). The smallest absolute Gasteiger partial charge is 0.261 e. The van der Waals surface area contributed by atoms with Crippen molar-refractivity contribution in [3.63, 3.8) is 0 Å². The van der Waals surface area contributed by atoms with Crippen LogP contribution in [-0.4, -0.2) is 46.2 Å². The van der Waals surface area contributed by atoms with Crippen molar-refractivity contribution in [2.45, 2.75) is 25.3 Å². The maximum absolute atomic E-state index is 12.8. The summed E-state index contributed by atoms with van der Waals surface area (Å²) in [6.07, 6.45) is 4.34. The first-order valence-electron chi connectivity index (χ1n) is 9.56. The number of nitrogens with zero attached hydrogens (tertiary/aromatic N) is 4. The van der Waals surface area contributed by atoms with E-state index in [1.54, 1.807) is 24.3 Å². The Morgan fingerprint density at radius 1 is 1.21 bits per heavy atom. The summed E-state index contributed by atoms with van der Waals surface area (Å²) in [5.41, 5.74) is 0.724. The van der Waals surface area contributed by atoms with Crippen LogP contribution in [-0.2, 0) is 4.79 Å². The molecular formula is C21H22N4O4. The van der Waals surface area contributed by atoms with Crippen LogP contribution >= 0.6 is 0 Å². The number of carbonyl (C=O) groups excluding carboxylic acids is 1. The second kappa shape index (κ2) is 8.72. The summed E-state index contributed by atoms with van der Waals surface area (Å²) in [6.45, 7) is 0.618. The van der Waals surface area contributed by atoms with Gasteiger partial charge in [0.1, 0.15) is 11.8 Å². The molecule has 0 unspecified atom stereocenters. The highest BCUT2D eigenvalue weighted by molar-refractivity contribution is 5.78. The van der Waals surface area contributed by atoms with Gasteiger partial charge in [-0.2, -0.15) is 4.98 Å². The van der Waals surface area contributed by atoms with Crippen LogP contribution in [0.5, 0.6) is 11.6 Å². The highest BCUT2D eigenvalue weighted by Gasteiger charge is 2.32. The average Bonchev–Trinajstić information content (AvgIpc) is 3.28. The van der Waals surface area contributed by atoms with Crippen molar-refractivity contribution in [1.82, 2.24) is 20.0 Å². The number of hydrogen-bond donors (Lipinski definition) is 0. The fraction of sp³-hybridized carbons (Fsp3) is 0.333. The molecule has 8 heteroatoms. The molecule has 1 aliphatic heterocycles. The number of methoxy groups -OCH3 is 1. The first-order valence-corrected chi connectivity index (χ1v) is 9.56. The van der Waals surface area contributed by atoms with E-state index in [4.69, 9.17) is 14.0 Å². The molecule has 3 aromatic rings. The Morgan fingerprint density at radius 3 is 2.83 bits per heavy atom. The number of amides is 1. The lowest BCUT2D eigenvalue weighted by Gasteiger charge is -2.33. The fourth-order valence-corrected chi connectivity index (χ4v) is 3.35. The predicted octanol–water partition coefficient (Wildman–Crippen LogP) is 3.27. The maximum Gasteiger partial charge on any atom is 0.261 e. The summed E-state index contributed by atoms with van der Waals surface area (Å²) in [7, 11) is 1.56. The van der Waals surface area contributed by atoms with Gasteiger partial charge >= 0.3 is 0 Å². The van der Waals surface area contributed by atoms with E-state index in [0.29, 0.717) is 29.9 Å². The quantitative estimate of drug-likeness (QED) is 0.634. The SMILES string of the molecule is COc1ccc(-c2noc([C@@H]3CCCCN3C(=O)COc3ccccc3)n2)cn1. The lowest BCUT2D eigenvalue weighted by atomic mass is 10.0. The summed E-state index contributed by atoms with van der Waals surface area (Å²) in [4.78, 5) is 23.2. The molecule has 1 fully saturated rings. The molecule has 0 saturated carbocycles. The average molecular weight is 394 g/mol. The number of likely N-dealkylation sites (tertiary alicyclic amines) is 1. The van der Waals surface area contributed by atoms with Gasteiger partial charge in [-0.25, -0.2) is 4.98 Å². The van der Waals surface area contributed by atoms with Crippen LogP contribution in [0, 0.1) is 0 Å². The van der Waals surface area contributed by atoms with E-state index in [1.165, 1.54) is 0 Å². The van der Waals surface area contributed by atoms with Crippen LogP contribution in [0.2, 0.25) is 0 Å². The number of piperidine rings is 1. The molecule has 1 aromatic carbocycles. The van der Waals surface area contributed by atoms with E-state index in [-0.39, 0.29) is 18.6 Å². The lowest BCUT2D eigenvalue weighted by molar-refractivity contribution is -0.138. The van der Waals surface area contributed by atoms with E-state index >= 15 is 0 Å². The Morgan fingerprint density at radius 2 is 2.07 bits per heavy atom. The van der Waals surface area contributed by atoms with Crippen molar-refractivity contribution in [2.75, 3.05) is 20.3 Å². The number of benzene rings is 1. The Bertz CT molecular complexity index is 943. The summed E-state index contributed by atoms with van der Waals surface area (Å²) in [6, 6.07) is 12.6. The molecule has 0 bridgehead atoms. The second-order valence-corrected chi connectivity index (χ2v) is 6.75. The van der Waals surface area contributed by atoms with Gasteiger partial charge in [0.05, 0.1) is 7.11 Å². The zero-order chi connectivity index (χ0) is 20.1. The molecule has 2 aromatic heterocycles. The zero-order valence-corrected chi connectivity index (χ0v) is 16.2. The highest BCUT2D eigenvalue weighted by Crippen LogP contribution is 2.31. The van der Waals surface area contributed by atoms with Crippen LogP contribution in [0.1, 0.15) is 31.2 Å². The van der Waals surface area contributed by atoms with E-state index < -0.39 is 0 Å². The molecule has 1 atom stereocenters. The molecule has 0 N–H and O–H groups in total. The Kier molecular flexibility index (Phi) is 5.69. The van der Waals surface area contributed by atoms with Crippen molar-refractivity contribution in [3.8, 4) is 23.0 Å². The topological polar surface area (TPSA) is 90.6 Å². The third-order valence-electron chi connectivity index (χ3n) is 4.86. The molecule has 150 valence electrons. The van der Waals surface area contributed by atoms with E-state index in [9.17, 15) is 4.79 Å². The molecule has 0 spiro atoms. The standard InChI is InChI=1S/C21H22N4O4/c1-27-18-11-10-15(13-22-18)20-23-21(29-24-20)17-9-5-6-12-25(17)19(26)14-28-16-7-3-2-4-8-16/h2-4,7-8,10-11,13,17H,5-6,9,12,14H2,1H3/t17-/m0/s1. The van der Waals surface area contributed by atoms with Crippen molar-refractivity contribution in [1.29, 1.82) is 0 Å². The minimum atomic E-state index is -0.247. The van der Waals surface area contributed by atoms with Crippen LogP contribution in [0.15, 0.2) is 53.2 Å². The van der Waals surface area contributed by atoms with Crippen molar-refractivity contribution < 1.29 is 18.8 Å². The first kappa shape index (κ1) is 18.9. The number of ether oxygens (including phenoxy) is 2. The fourth-order valence-electron chi connectivity index (χ4n) is 3.35. The Labute approximate surface area is 168 Å². The summed E-state index contributed by atoms with van der Waals surface area (Å²) >= 11 is 0. The van der Waals surface area contributed by atoms with Gasteiger partial charge < -0.3 is 18.9 Å². The van der Waals surface area contributed by atoms with E-state index in [0.717, 1.165) is 24.8 Å². The van der Waals surface area contributed by atoms with Gasteiger partial charge in [-0.15, -0.1) is 0 Å². The largest absolute Gasteiger partial charge is 0.484 e. The van der Waals surface area contributed by atoms with Gasteiger partial charge in [0, 0.05) is 24.4 Å². The summed E-state index contributed by atoms with van der Waals surface area (Å²) in [5.74, 6) is 1.96. The van der Waals surface area contributed by atoms with Crippen molar-refractivity contribution >= 4 is 5.91 Å². The maximum atomic E-state index is 12.8. The molecule has 3 heterocycles. The number of para-hydroxylation sites is 1. The summed E-state index contributed by atoms with van der Waals surface area (Å²) in [5, 5.41) is 4.07. The zero-order valence-electron chi connectivity index (χ0n) is 16.2. The molecule has 8 nitrogen and oxygen atoms in total. The van der Waals surface area contributed by atoms with Gasteiger partial charge in [0.15, 0.2) is 6.61 Å². The van der Waals surface area contributed by atoms with E-state index in [1.807, 2.05) is 36.4 Å². The van der Waals surface area contributed by atoms with Gasteiger partial charge in [-0.05, 0) is 37.5 Å². The van der Waals surface area contributed by atoms with Gasteiger partial charge in [0.2, 0.25) is 17.6 Å². The molecular weight excluding hydrogens is 372 g/mol. The molecule has 1 amide bonds. The van der Waals surface area contributed by atoms with E-state index in [2.05, 4.69) is 15.1 Å². The third kappa shape index (κ3) is 4.37. The lowest BCUT2D eigenvalue weighted by Crippen LogP contribution is -2.41. The third-order valence-corrected chi connectivity index (χ3v) is 4.86. The molecule has 0 aliphatic carbocycles. The molecule has 1 aliphatic rings. The molecule has 29 heavy (non-hydrogen) atoms. The van der Waals surface area contributed by atoms with Crippen LogP contribution in [0.25, 0.3) is 11.4 Å². The molecule has 1 saturated heterocycles. The number of carbonyl (C=O) groups is 1. The van der Waals surface area contributed by atoms with Crippen LogP contribution < -0.4 is 9.47 Å². The van der Waals surface area contributed by atoms with Gasteiger partial charge in [-0.3, -0.25) is 4.79 Å².